The number of rotatable bonds is 3. The second-order valence-electron chi connectivity index (χ2n) is 4.27. The third-order valence-corrected chi connectivity index (χ3v) is 3.38. The fourth-order valence-electron chi connectivity index (χ4n) is 2.06. The predicted molar refractivity (Wildman–Crippen MR) is 53.0 cm³/mol. The highest BCUT2D eigenvalue weighted by molar-refractivity contribution is 5.83. The van der Waals surface area contributed by atoms with Crippen LogP contribution in [0.4, 0.5) is 0 Å². The van der Waals surface area contributed by atoms with E-state index in [4.69, 9.17) is 4.74 Å². The minimum absolute atomic E-state index is 0.157. The smallest absolute Gasteiger partial charge is 0.227 e. The molecule has 2 rings (SSSR count). The van der Waals surface area contributed by atoms with Gasteiger partial charge in [0.25, 0.3) is 0 Å². The quantitative estimate of drug-likeness (QED) is 0.665. The molecule has 0 spiro atoms. The van der Waals surface area contributed by atoms with Crippen LogP contribution in [0.5, 0.6) is 0 Å². The highest BCUT2D eigenvalue weighted by Crippen LogP contribution is 2.29. The van der Waals surface area contributed by atoms with Crippen molar-refractivity contribution < 1.29 is 9.53 Å². The lowest BCUT2D eigenvalue weighted by molar-refractivity contribution is -0.134. The van der Waals surface area contributed by atoms with Crippen molar-refractivity contribution in [2.75, 3.05) is 26.3 Å². The van der Waals surface area contributed by atoms with Gasteiger partial charge >= 0.3 is 0 Å². The van der Waals surface area contributed by atoms with Crippen molar-refractivity contribution >= 4 is 5.91 Å². The normalized spacial score (nSPS) is 32.6. The van der Waals surface area contributed by atoms with E-state index in [1.165, 1.54) is 0 Å². The Hall–Kier alpha value is -0.610. The van der Waals surface area contributed by atoms with Crippen molar-refractivity contribution in [1.29, 1.82) is 0 Å². The average Bonchev–Trinajstić information content (AvgIpc) is 2.60. The van der Waals surface area contributed by atoms with Crippen molar-refractivity contribution in [3.05, 3.63) is 0 Å². The standard InChI is InChI=1S/C10H18N2O2/c1-2-10(3-4-11-7-10)9(13)12-8-5-14-6-8/h8,11H,2-7H2,1H3,(H,12,13). The first-order valence-corrected chi connectivity index (χ1v) is 5.36. The number of nitrogens with one attached hydrogen (secondary N) is 2. The van der Waals surface area contributed by atoms with Crippen LogP contribution in [0.3, 0.4) is 0 Å². The molecule has 1 atom stereocenters. The molecule has 14 heavy (non-hydrogen) atoms. The lowest BCUT2D eigenvalue weighted by atomic mass is 9.83. The first kappa shape index (κ1) is 9.93. The van der Waals surface area contributed by atoms with Crippen molar-refractivity contribution in [3.8, 4) is 0 Å². The van der Waals surface area contributed by atoms with Crippen LogP contribution < -0.4 is 10.6 Å². The van der Waals surface area contributed by atoms with Crippen LogP contribution in [0, 0.1) is 5.41 Å². The number of carbonyl (C=O) groups excluding carboxylic acids is 1. The summed E-state index contributed by atoms with van der Waals surface area (Å²) in [5.74, 6) is 0.207. The first-order chi connectivity index (χ1) is 6.77. The molecule has 0 aromatic carbocycles. The topological polar surface area (TPSA) is 50.4 Å². The Balaban J connectivity index is 1.92. The molecule has 2 aliphatic rings. The van der Waals surface area contributed by atoms with Crippen LogP contribution >= 0.6 is 0 Å². The van der Waals surface area contributed by atoms with Gasteiger partial charge in [-0.15, -0.1) is 0 Å². The maximum absolute atomic E-state index is 12.0. The summed E-state index contributed by atoms with van der Waals surface area (Å²) in [5.41, 5.74) is -0.157. The molecule has 0 radical (unpaired) electrons. The minimum atomic E-state index is -0.157. The molecule has 4 nitrogen and oxygen atoms in total. The van der Waals surface area contributed by atoms with Gasteiger partial charge in [0.2, 0.25) is 5.91 Å². The van der Waals surface area contributed by atoms with Crippen molar-refractivity contribution in [3.63, 3.8) is 0 Å². The van der Waals surface area contributed by atoms with Gasteiger partial charge in [-0.1, -0.05) is 6.92 Å². The Morgan fingerprint density at radius 2 is 2.43 bits per heavy atom. The molecule has 80 valence electrons. The van der Waals surface area contributed by atoms with Gasteiger partial charge in [0.1, 0.15) is 0 Å². The first-order valence-electron chi connectivity index (χ1n) is 5.36. The van der Waals surface area contributed by atoms with Crippen molar-refractivity contribution in [1.82, 2.24) is 10.6 Å². The fourth-order valence-corrected chi connectivity index (χ4v) is 2.06. The van der Waals surface area contributed by atoms with E-state index in [0.717, 1.165) is 25.9 Å². The molecule has 0 bridgehead atoms. The summed E-state index contributed by atoms with van der Waals surface area (Å²) in [7, 11) is 0. The minimum Gasteiger partial charge on any atom is -0.377 e. The Bertz CT molecular complexity index is 220. The maximum Gasteiger partial charge on any atom is 0.227 e. The molecule has 0 saturated carbocycles. The third-order valence-electron chi connectivity index (χ3n) is 3.38. The predicted octanol–water partition coefficient (Wildman–Crippen LogP) is -0.109. The number of carbonyl (C=O) groups is 1. The molecule has 1 amide bonds. The molecule has 4 heteroatoms. The van der Waals surface area contributed by atoms with Crippen molar-refractivity contribution in [2.24, 2.45) is 5.41 Å². The Morgan fingerprint density at radius 3 is 2.86 bits per heavy atom. The van der Waals surface area contributed by atoms with Crippen LogP contribution in [-0.4, -0.2) is 38.3 Å². The van der Waals surface area contributed by atoms with Crippen LogP contribution in [0.15, 0.2) is 0 Å². The van der Waals surface area contributed by atoms with E-state index in [9.17, 15) is 4.79 Å². The van der Waals surface area contributed by atoms with Gasteiger partial charge in [-0.3, -0.25) is 4.79 Å². The number of ether oxygens (including phenoxy) is 1. The number of hydrogen-bond donors (Lipinski definition) is 2. The van der Waals surface area contributed by atoms with E-state index in [1.54, 1.807) is 0 Å². The Labute approximate surface area is 84.4 Å². The van der Waals surface area contributed by atoms with E-state index < -0.39 is 0 Å². The molecular weight excluding hydrogens is 180 g/mol. The molecule has 0 aromatic rings. The number of amides is 1. The van der Waals surface area contributed by atoms with Gasteiger partial charge in [-0.05, 0) is 19.4 Å². The van der Waals surface area contributed by atoms with Gasteiger partial charge in [0.15, 0.2) is 0 Å². The molecule has 2 saturated heterocycles. The Kier molecular flexibility index (Phi) is 2.74. The van der Waals surface area contributed by atoms with Crippen LogP contribution in [0.25, 0.3) is 0 Å². The van der Waals surface area contributed by atoms with E-state index >= 15 is 0 Å². The van der Waals surface area contributed by atoms with Gasteiger partial charge in [0.05, 0.1) is 24.7 Å². The summed E-state index contributed by atoms with van der Waals surface area (Å²) in [5, 5.41) is 6.31. The summed E-state index contributed by atoms with van der Waals surface area (Å²) in [6, 6.07) is 0.256. The molecule has 1 unspecified atom stereocenters. The lowest BCUT2D eigenvalue weighted by Crippen LogP contribution is -2.53. The highest BCUT2D eigenvalue weighted by Gasteiger charge is 2.40. The zero-order valence-electron chi connectivity index (χ0n) is 8.64. The summed E-state index contributed by atoms with van der Waals surface area (Å²) >= 11 is 0. The van der Waals surface area contributed by atoms with Gasteiger partial charge < -0.3 is 15.4 Å². The Morgan fingerprint density at radius 1 is 1.64 bits per heavy atom. The molecule has 2 fully saturated rings. The molecule has 0 aliphatic carbocycles. The molecule has 2 heterocycles. The van der Waals surface area contributed by atoms with Gasteiger partial charge in [-0.2, -0.15) is 0 Å². The maximum atomic E-state index is 12.0. The summed E-state index contributed by atoms with van der Waals surface area (Å²) in [6.07, 6.45) is 1.88. The molecule has 0 aromatic heterocycles. The van der Waals surface area contributed by atoms with Crippen LogP contribution in [0.2, 0.25) is 0 Å². The fraction of sp³-hybridized carbons (Fsp3) is 0.900. The summed E-state index contributed by atoms with van der Waals surface area (Å²) in [6.45, 7) is 5.23. The monoisotopic (exact) mass is 198 g/mol. The van der Waals surface area contributed by atoms with Crippen LogP contribution in [-0.2, 0) is 9.53 Å². The van der Waals surface area contributed by atoms with Crippen LogP contribution in [0.1, 0.15) is 19.8 Å². The second-order valence-corrected chi connectivity index (χ2v) is 4.27. The van der Waals surface area contributed by atoms with Gasteiger partial charge in [0, 0.05) is 6.54 Å². The third kappa shape index (κ3) is 1.64. The molecule has 2 aliphatic heterocycles. The average molecular weight is 198 g/mol. The highest BCUT2D eigenvalue weighted by atomic mass is 16.5. The zero-order chi connectivity index (χ0) is 10.0. The summed E-state index contributed by atoms with van der Waals surface area (Å²) < 4.78 is 5.03. The number of hydrogen-bond acceptors (Lipinski definition) is 3. The molecular formula is C10H18N2O2. The van der Waals surface area contributed by atoms with Crippen molar-refractivity contribution in [2.45, 2.75) is 25.8 Å². The second kappa shape index (κ2) is 3.87. The van der Waals surface area contributed by atoms with E-state index in [0.29, 0.717) is 13.2 Å². The van der Waals surface area contributed by atoms with Gasteiger partial charge in [-0.25, -0.2) is 0 Å². The van der Waals surface area contributed by atoms with E-state index in [2.05, 4.69) is 17.6 Å². The lowest BCUT2D eigenvalue weighted by Gasteiger charge is -2.32. The SMILES string of the molecule is CCC1(C(=O)NC2COC2)CCNC1. The van der Waals surface area contributed by atoms with E-state index in [1.807, 2.05) is 0 Å². The zero-order valence-corrected chi connectivity index (χ0v) is 8.64. The largest absolute Gasteiger partial charge is 0.377 e. The molecule has 2 N–H and O–H groups in total. The summed E-state index contributed by atoms with van der Waals surface area (Å²) in [4.78, 5) is 12.0. The van der Waals surface area contributed by atoms with E-state index in [-0.39, 0.29) is 17.4 Å².